The quantitative estimate of drug-likeness (QED) is 0.862. The summed E-state index contributed by atoms with van der Waals surface area (Å²) in [6, 6.07) is -0.122. The maximum atomic E-state index is 13.1. The zero-order valence-corrected chi connectivity index (χ0v) is 12.5. The molecule has 116 valence electrons. The fourth-order valence-electron chi connectivity index (χ4n) is 3.29. The lowest BCUT2D eigenvalue weighted by Gasteiger charge is -2.31. The van der Waals surface area contributed by atoms with Gasteiger partial charge in [0.2, 0.25) is 11.8 Å². The topological polar surface area (TPSA) is 32.3 Å². The number of hydrogen-bond acceptors (Lipinski definition) is 2. The molecule has 1 heterocycles. The van der Waals surface area contributed by atoms with E-state index in [4.69, 9.17) is 0 Å². The third kappa shape index (κ3) is 4.14. The lowest BCUT2D eigenvalue weighted by Crippen LogP contribution is -2.49. The van der Waals surface area contributed by atoms with E-state index in [1.807, 2.05) is 0 Å². The Morgan fingerprint density at radius 3 is 2.55 bits per heavy atom. The summed E-state index contributed by atoms with van der Waals surface area (Å²) in [5, 5.41) is 2.99. The molecule has 1 N–H and O–H groups in total. The van der Waals surface area contributed by atoms with Gasteiger partial charge in [0.1, 0.15) is 0 Å². The van der Waals surface area contributed by atoms with Gasteiger partial charge in [-0.25, -0.2) is 8.78 Å². The number of alkyl halides is 2. The highest BCUT2D eigenvalue weighted by atomic mass is 19.3. The molecule has 0 bridgehead atoms. The first kappa shape index (κ1) is 15.7. The van der Waals surface area contributed by atoms with Crippen LogP contribution in [0, 0.1) is 5.92 Å². The van der Waals surface area contributed by atoms with Crippen molar-refractivity contribution >= 4 is 5.91 Å². The molecule has 3 nitrogen and oxygen atoms in total. The van der Waals surface area contributed by atoms with Crippen molar-refractivity contribution in [2.45, 2.75) is 70.4 Å². The predicted molar refractivity (Wildman–Crippen MR) is 74.8 cm³/mol. The van der Waals surface area contributed by atoms with E-state index in [-0.39, 0.29) is 30.8 Å². The Bertz CT molecular complexity index is 337. The van der Waals surface area contributed by atoms with Crippen molar-refractivity contribution in [1.82, 2.24) is 10.2 Å². The molecule has 1 aliphatic carbocycles. The van der Waals surface area contributed by atoms with Gasteiger partial charge in [-0.2, -0.15) is 0 Å². The molecule has 0 unspecified atom stereocenters. The van der Waals surface area contributed by atoms with Crippen LogP contribution in [0.5, 0.6) is 0 Å². The second-order valence-electron chi connectivity index (χ2n) is 6.69. The Balaban J connectivity index is 1.82. The van der Waals surface area contributed by atoms with Gasteiger partial charge in [0.25, 0.3) is 0 Å². The first-order valence-corrected chi connectivity index (χ1v) is 7.79. The van der Waals surface area contributed by atoms with Crippen LogP contribution in [0.1, 0.15) is 52.4 Å². The van der Waals surface area contributed by atoms with Gasteiger partial charge in [-0.15, -0.1) is 0 Å². The van der Waals surface area contributed by atoms with Crippen molar-refractivity contribution in [3.8, 4) is 0 Å². The van der Waals surface area contributed by atoms with Crippen molar-refractivity contribution in [1.29, 1.82) is 0 Å². The highest BCUT2D eigenvalue weighted by Crippen LogP contribution is 2.33. The van der Waals surface area contributed by atoms with Gasteiger partial charge in [0.15, 0.2) is 0 Å². The van der Waals surface area contributed by atoms with Crippen molar-refractivity contribution in [2.75, 3.05) is 13.1 Å². The molecule has 1 saturated heterocycles. The highest BCUT2D eigenvalue weighted by Gasteiger charge is 2.37. The summed E-state index contributed by atoms with van der Waals surface area (Å²) in [6.45, 7) is 6.20. The van der Waals surface area contributed by atoms with Crippen LogP contribution in [0.25, 0.3) is 0 Å². The lowest BCUT2D eigenvalue weighted by molar-refractivity contribution is -0.127. The first-order valence-electron chi connectivity index (χ1n) is 7.79. The molecule has 0 radical (unpaired) electrons. The Morgan fingerprint density at radius 1 is 1.30 bits per heavy atom. The van der Waals surface area contributed by atoms with Crippen molar-refractivity contribution < 1.29 is 13.6 Å². The number of rotatable bonds is 4. The summed E-state index contributed by atoms with van der Waals surface area (Å²) in [5.41, 5.74) is 0. The van der Waals surface area contributed by atoms with E-state index in [2.05, 4.69) is 24.1 Å². The Labute approximate surface area is 120 Å². The van der Waals surface area contributed by atoms with Crippen LogP contribution in [-0.4, -0.2) is 41.9 Å². The maximum Gasteiger partial charge on any atom is 0.248 e. The van der Waals surface area contributed by atoms with Crippen LogP contribution in [-0.2, 0) is 4.79 Å². The molecule has 2 fully saturated rings. The molecule has 2 rings (SSSR count). The summed E-state index contributed by atoms with van der Waals surface area (Å²) in [7, 11) is 0. The Hall–Kier alpha value is -0.710. The van der Waals surface area contributed by atoms with Gasteiger partial charge in [0.05, 0.1) is 6.04 Å². The third-order valence-electron chi connectivity index (χ3n) is 4.33. The number of carbonyl (C=O) groups is 1. The summed E-state index contributed by atoms with van der Waals surface area (Å²) < 4.78 is 26.2. The number of hydrogen-bond donors (Lipinski definition) is 1. The zero-order chi connectivity index (χ0) is 14.8. The van der Waals surface area contributed by atoms with Crippen LogP contribution in [0.3, 0.4) is 0 Å². The van der Waals surface area contributed by atoms with Crippen LogP contribution in [0.4, 0.5) is 8.78 Å². The number of halogens is 2. The van der Waals surface area contributed by atoms with Crippen LogP contribution in [0.2, 0.25) is 0 Å². The molecule has 0 aromatic rings. The minimum Gasteiger partial charge on any atom is -0.352 e. The largest absolute Gasteiger partial charge is 0.352 e. The number of likely N-dealkylation sites (tertiary alicyclic amines) is 1. The molecule has 0 spiro atoms. The number of nitrogens with zero attached hydrogens (tertiary/aromatic N) is 1. The van der Waals surface area contributed by atoms with Crippen molar-refractivity contribution in [2.24, 2.45) is 5.92 Å². The normalized spacial score (nSPS) is 27.9. The summed E-state index contributed by atoms with van der Waals surface area (Å²) in [6.07, 6.45) is 2.54. The SMILES string of the molecule is CC(C)CN1CCC[C@@H]1C(=O)NC1CCC(F)(F)CC1. The van der Waals surface area contributed by atoms with Gasteiger partial charge >= 0.3 is 0 Å². The van der Waals surface area contributed by atoms with E-state index in [9.17, 15) is 13.6 Å². The third-order valence-corrected chi connectivity index (χ3v) is 4.33. The molecule has 20 heavy (non-hydrogen) atoms. The van der Waals surface area contributed by atoms with Crippen LogP contribution < -0.4 is 5.32 Å². The average Bonchev–Trinajstić information content (AvgIpc) is 2.79. The molecule has 1 amide bonds. The number of carbonyl (C=O) groups excluding carboxylic acids is 1. The van der Waals surface area contributed by atoms with E-state index in [1.165, 1.54) is 0 Å². The molecule has 0 aromatic heterocycles. The van der Waals surface area contributed by atoms with E-state index in [0.717, 1.165) is 25.9 Å². The van der Waals surface area contributed by atoms with Gasteiger partial charge in [-0.3, -0.25) is 9.69 Å². The number of nitrogens with one attached hydrogen (secondary N) is 1. The predicted octanol–water partition coefficient (Wildman–Crippen LogP) is 2.80. The van der Waals surface area contributed by atoms with Crippen LogP contribution >= 0.6 is 0 Å². The fraction of sp³-hybridized carbons (Fsp3) is 0.933. The van der Waals surface area contributed by atoms with Crippen LogP contribution in [0.15, 0.2) is 0 Å². The van der Waals surface area contributed by atoms with E-state index < -0.39 is 5.92 Å². The smallest absolute Gasteiger partial charge is 0.248 e. The zero-order valence-electron chi connectivity index (χ0n) is 12.5. The standard InChI is InChI=1S/C15H26F2N2O/c1-11(2)10-19-9-3-4-13(19)14(20)18-12-5-7-15(16,17)8-6-12/h11-13H,3-10H2,1-2H3,(H,18,20)/t13-/m1/s1. The highest BCUT2D eigenvalue weighted by molar-refractivity contribution is 5.82. The molecule has 5 heteroatoms. The van der Waals surface area contributed by atoms with Crippen molar-refractivity contribution in [3.63, 3.8) is 0 Å². The Morgan fingerprint density at radius 2 is 1.95 bits per heavy atom. The van der Waals surface area contributed by atoms with E-state index >= 15 is 0 Å². The van der Waals surface area contributed by atoms with Crippen molar-refractivity contribution in [3.05, 3.63) is 0 Å². The van der Waals surface area contributed by atoms with E-state index in [0.29, 0.717) is 18.8 Å². The summed E-state index contributed by atoms with van der Waals surface area (Å²) in [5.74, 6) is -1.95. The summed E-state index contributed by atoms with van der Waals surface area (Å²) in [4.78, 5) is 14.6. The maximum absolute atomic E-state index is 13.1. The van der Waals surface area contributed by atoms with Gasteiger partial charge in [-0.1, -0.05) is 13.8 Å². The molecule has 1 atom stereocenters. The molecular weight excluding hydrogens is 262 g/mol. The number of amides is 1. The average molecular weight is 288 g/mol. The second-order valence-corrected chi connectivity index (χ2v) is 6.69. The summed E-state index contributed by atoms with van der Waals surface area (Å²) >= 11 is 0. The van der Waals surface area contributed by atoms with Gasteiger partial charge in [-0.05, 0) is 38.1 Å². The van der Waals surface area contributed by atoms with Gasteiger partial charge in [0, 0.05) is 25.4 Å². The fourth-order valence-corrected chi connectivity index (χ4v) is 3.29. The molecular formula is C15H26F2N2O. The molecule has 0 aromatic carbocycles. The minimum absolute atomic E-state index is 0.0402. The molecule has 1 saturated carbocycles. The second kappa shape index (κ2) is 6.37. The first-order chi connectivity index (χ1) is 9.37. The lowest BCUT2D eigenvalue weighted by atomic mass is 9.92. The van der Waals surface area contributed by atoms with Gasteiger partial charge < -0.3 is 5.32 Å². The Kier molecular flexibility index (Phi) is 4.99. The van der Waals surface area contributed by atoms with E-state index in [1.54, 1.807) is 0 Å². The molecule has 2 aliphatic rings. The monoisotopic (exact) mass is 288 g/mol. The minimum atomic E-state index is -2.53. The molecule has 1 aliphatic heterocycles.